The van der Waals surface area contributed by atoms with Crippen molar-refractivity contribution >= 4 is 33.3 Å². The van der Waals surface area contributed by atoms with Crippen molar-refractivity contribution in [2.24, 2.45) is 22.1 Å². The van der Waals surface area contributed by atoms with Crippen LogP contribution in [0, 0.1) is 11.3 Å². The highest BCUT2D eigenvalue weighted by Gasteiger charge is 2.68. The van der Waals surface area contributed by atoms with Crippen molar-refractivity contribution in [3.8, 4) is 11.1 Å². The first-order chi connectivity index (χ1) is 14.7. The maximum atomic E-state index is 6.29. The third-order valence-electron chi connectivity index (χ3n) is 8.02. The van der Waals surface area contributed by atoms with Gasteiger partial charge < -0.3 is 15.2 Å². The molecular formula is C24H29B2ClN2O2. The molecule has 2 aromatic carbocycles. The zero-order valence-corrected chi connectivity index (χ0v) is 19.5. The summed E-state index contributed by atoms with van der Waals surface area (Å²) in [5, 5.41) is 0.206. The fraction of sp³-hybridized carbons (Fsp3) is 0.458. The molecule has 1 saturated carbocycles. The molecule has 2 N–H and O–H groups in total. The van der Waals surface area contributed by atoms with E-state index in [1.165, 1.54) is 11.1 Å². The highest BCUT2D eigenvalue weighted by molar-refractivity contribution is 6.41. The van der Waals surface area contributed by atoms with Crippen LogP contribution in [0.25, 0.3) is 11.1 Å². The second-order valence-corrected chi connectivity index (χ2v) is 10.5. The van der Waals surface area contributed by atoms with Gasteiger partial charge in [-0.25, -0.2) is 4.99 Å². The van der Waals surface area contributed by atoms with Gasteiger partial charge in [-0.15, -0.1) is 0 Å². The van der Waals surface area contributed by atoms with Crippen LogP contribution in [-0.4, -0.2) is 40.3 Å². The smallest absolute Gasteiger partial charge is 0.282 e. The number of nitrogens with zero attached hydrogens (tertiary/aromatic N) is 1. The van der Waals surface area contributed by atoms with Crippen LogP contribution in [0.2, 0.25) is 5.02 Å². The van der Waals surface area contributed by atoms with Gasteiger partial charge in [0.25, 0.3) is 6.02 Å². The number of hydrogen-bond donors (Lipinski definition) is 1. The average Bonchev–Trinajstić information content (AvgIpc) is 3.12. The van der Waals surface area contributed by atoms with Gasteiger partial charge >= 0.3 is 0 Å². The molecule has 0 unspecified atom stereocenters. The van der Waals surface area contributed by atoms with Crippen LogP contribution < -0.4 is 5.73 Å². The number of ether oxygens (including phenoxy) is 2. The molecule has 5 rings (SSSR count). The van der Waals surface area contributed by atoms with Gasteiger partial charge in [0.1, 0.15) is 5.54 Å². The van der Waals surface area contributed by atoms with E-state index in [4.69, 9.17) is 31.8 Å². The number of fused-ring (bicyclic) bond motifs is 3. The van der Waals surface area contributed by atoms with Gasteiger partial charge in [-0.2, -0.15) is 0 Å². The summed E-state index contributed by atoms with van der Waals surface area (Å²) < 4.78 is 12.0. The number of hydrogen-bond acceptors (Lipinski definition) is 4. The molecule has 160 valence electrons. The highest BCUT2D eigenvalue weighted by atomic mass is 35.5. The molecule has 0 aromatic heterocycles. The lowest BCUT2D eigenvalue weighted by Gasteiger charge is -2.53. The van der Waals surface area contributed by atoms with Gasteiger partial charge in [-0.05, 0) is 72.1 Å². The minimum Gasteiger partial charge on any atom is -0.475 e. The summed E-state index contributed by atoms with van der Waals surface area (Å²) in [6, 6.07) is 15.1. The van der Waals surface area contributed by atoms with Crippen molar-refractivity contribution in [2.45, 2.75) is 49.6 Å². The lowest BCUT2D eigenvalue weighted by molar-refractivity contribution is -0.0559. The SMILES string of the molecule is BC1(B)OC(N)=N[C@]12c1cc(-c3cccc(Cl)c3)ccc1C[C@@]21CC[C@H](OC)[C@@H](C)C1. The van der Waals surface area contributed by atoms with Gasteiger partial charge in [-0.1, -0.05) is 42.8 Å². The van der Waals surface area contributed by atoms with E-state index in [9.17, 15) is 0 Å². The third kappa shape index (κ3) is 2.91. The van der Waals surface area contributed by atoms with Crippen LogP contribution in [0.1, 0.15) is 37.3 Å². The molecule has 1 fully saturated rings. The van der Waals surface area contributed by atoms with Crippen LogP contribution in [0.15, 0.2) is 47.5 Å². The van der Waals surface area contributed by atoms with Gasteiger partial charge in [0.05, 0.1) is 11.5 Å². The number of nitrogens with two attached hydrogens (primary N) is 1. The second-order valence-electron chi connectivity index (χ2n) is 10.1. The van der Waals surface area contributed by atoms with E-state index in [2.05, 4.69) is 46.9 Å². The van der Waals surface area contributed by atoms with Crippen molar-refractivity contribution in [1.82, 2.24) is 0 Å². The molecule has 0 amide bonds. The van der Waals surface area contributed by atoms with E-state index in [-0.39, 0.29) is 5.41 Å². The van der Waals surface area contributed by atoms with Crippen molar-refractivity contribution in [2.75, 3.05) is 7.11 Å². The Hall–Kier alpha value is -1.91. The molecular weight excluding hydrogens is 405 g/mol. The van der Waals surface area contributed by atoms with Crippen molar-refractivity contribution in [3.05, 3.63) is 58.6 Å². The molecule has 0 radical (unpaired) electrons. The zero-order valence-electron chi connectivity index (χ0n) is 18.7. The Kier molecular flexibility index (Phi) is 4.76. The summed E-state index contributed by atoms with van der Waals surface area (Å²) in [7, 11) is 6.12. The number of halogens is 1. The monoisotopic (exact) mass is 434 g/mol. The largest absolute Gasteiger partial charge is 0.475 e. The fourth-order valence-electron chi connectivity index (χ4n) is 6.89. The van der Waals surface area contributed by atoms with Crippen LogP contribution in [-0.2, 0) is 21.4 Å². The summed E-state index contributed by atoms with van der Waals surface area (Å²) in [6.45, 7) is 2.30. The van der Waals surface area contributed by atoms with E-state index in [0.29, 0.717) is 18.0 Å². The predicted molar refractivity (Wildman–Crippen MR) is 131 cm³/mol. The molecule has 7 heteroatoms. The van der Waals surface area contributed by atoms with E-state index in [0.717, 1.165) is 41.8 Å². The van der Waals surface area contributed by atoms with Crippen molar-refractivity contribution in [1.29, 1.82) is 0 Å². The quantitative estimate of drug-likeness (QED) is 0.740. The van der Waals surface area contributed by atoms with Gasteiger partial charge in [-0.3, -0.25) is 0 Å². The zero-order chi connectivity index (χ0) is 22.0. The Morgan fingerprint density at radius 1 is 1.19 bits per heavy atom. The molecule has 2 spiro atoms. The van der Waals surface area contributed by atoms with Gasteiger partial charge in [0.2, 0.25) is 0 Å². The van der Waals surface area contributed by atoms with Crippen molar-refractivity contribution in [3.63, 3.8) is 0 Å². The Balaban J connectivity index is 1.70. The van der Waals surface area contributed by atoms with E-state index >= 15 is 0 Å². The Bertz CT molecular complexity index is 1080. The molecule has 4 atom stereocenters. The lowest BCUT2D eigenvalue weighted by atomic mass is 9.44. The third-order valence-corrected chi connectivity index (χ3v) is 8.26. The molecule has 0 saturated heterocycles. The summed E-state index contributed by atoms with van der Waals surface area (Å²) in [5.74, 6) is 0.449. The number of amidine groups is 1. The maximum absolute atomic E-state index is 6.29. The molecule has 1 aliphatic heterocycles. The van der Waals surface area contributed by atoms with E-state index in [1.54, 1.807) is 0 Å². The first-order valence-corrected chi connectivity index (χ1v) is 11.6. The van der Waals surface area contributed by atoms with Gasteiger partial charge in [0, 0.05) is 17.5 Å². The minimum atomic E-state index is -0.533. The Morgan fingerprint density at radius 2 is 1.97 bits per heavy atom. The number of methoxy groups -OCH3 is 1. The van der Waals surface area contributed by atoms with Crippen LogP contribution in [0.3, 0.4) is 0 Å². The average molecular weight is 435 g/mol. The summed E-state index contributed by atoms with van der Waals surface area (Å²) in [5.41, 5.74) is 10.6. The summed E-state index contributed by atoms with van der Waals surface area (Å²) >= 11 is 6.29. The number of rotatable bonds is 2. The normalized spacial score (nSPS) is 33.3. The predicted octanol–water partition coefficient (Wildman–Crippen LogP) is 2.84. The molecule has 0 bridgehead atoms. The first-order valence-electron chi connectivity index (χ1n) is 11.2. The topological polar surface area (TPSA) is 56.8 Å². The number of benzene rings is 2. The Morgan fingerprint density at radius 3 is 2.61 bits per heavy atom. The second kappa shape index (κ2) is 7.05. The minimum absolute atomic E-state index is 0.0403. The van der Waals surface area contributed by atoms with E-state index < -0.39 is 10.9 Å². The molecule has 3 aliphatic rings. The molecule has 1 heterocycles. The standard InChI is InChI=1S/C24H29B2ClN2O2/c1-14-12-22(9-8-20(14)30-2)13-17-7-6-16(15-4-3-5-18(27)10-15)11-19(17)23(22)24(25,26)31-21(28)29-23/h3-7,10-11,14,20H,8-9,12-13,25-26H2,1-2H3,(H2,28,29)/t14-,20-,22-,23-/m0/s1. The number of aliphatic imine (C=N–C) groups is 1. The van der Waals surface area contributed by atoms with E-state index in [1.807, 2.05) is 25.3 Å². The maximum Gasteiger partial charge on any atom is 0.282 e. The van der Waals surface area contributed by atoms with Crippen molar-refractivity contribution < 1.29 is 9.47 Å². The van der Waals surface area contributed by atoms with Crippen LogP contribution >= 0.6 is 11.6 Å². The van der Waals surface area contributed by atoms with Crippen LogP contribution in [0.4, 0.5) is 0 Å². The summed E-state index contributed by atoms with van der Waals surface area (Å²) in [6.07, 6.45) is 4.39. The van der Waals surface area contributed by atoms with Crippen LogP contribution in [0.5, 0.6) is 0 Å². The van der Waals surface area contributed by atoms with Gasteiger partial charge in [0.15, 0.2) is 15.7 Å². The lowest BCUT2D eigenvalue weighted by Crippen LogP contribution is -2.60. The highest BCUT2D eigenvalue weighted by Crippen LogP contribution is 2.65. The Labute approximate surface area is 191 Å². The molecule has 4 nitrogen and oxygen atoms in total. The molecule has 2 aromatic rings. The molecule has 31 heavy (non-hydrogen) atoms. The molecule has 2 aliphatic carbocycles. The first kappa shape index (κ1) is 21.0. The summed E-state index contributed by atoms with van der Waals surface area (Å²) in [4.78, 5) is 5.13. The fourth-order valence-corrected chi connectivity index (χ4v) is 7.08.